The number of aromatic nitrogens is 3. The van der Waals surface area contributed by atoms with Crippen molar-refractivity contribution in [3.05, 3.63) is 47.5 Å². The number of fused-ring (bicyclic) bond motifs is 1. The minimum atomic E-state index is 0.677. The predicted molar refractivity (Wildman–Crippen MR) is 79.5 cm³/mol. The largest absolute Gasteiger partial charge is 0.244 e. The normalized spacial score (nSPS) is 14.8. The van der Waals surface area contributed by atoms with Crippen LogP contribution in [0, 0.1) is 12.0 Å². The molecular weight excluding hydrogens is 270 g/mol. The minimum Gasteiger partial charge on any atom is -0.244 e. The van der Waals surface area contributed by atoms with Crippen LogP contribution in [0.4, 0.5) is 0 Å². The van der Waals surface area contributed by atoms with Crippen molar-refractivity contribution in [1.82, 2.24) is 15.0 Å². The molecule has 20 heavy (non-hydrogen) atoms. The zero-order chi connectivity index (χ0) is 13.5. The molecule has 3 nitrogen and oxygen atoms in total. The molecule has 4 rings (SSSR count). The molecule has 0 saturated heterocycles. The number of hydrogen-bond acceptors (Lipinski definition) is 2. The Labute approximate surface area is 122 Å². The van der Waals surface area contributed by atoms with Crippen molar-refractivity contribution in [3.63, 3.8) is 0 Å². The van der Waals surface area contributed by atoms with Gasteiger partial charge in [0.1, 0.15) is 5.52 Å². The lowest BCUT2D eigenvalue weighted by Gasteiger charge is -2.05. The van der Waals surface area contributed by atoms with Gasteiger partial charge in [-0.3, -0.25) is 0 Å². The fraction of sp³-hybridized carbons (Fsp3) is 0.250. The third-order valence-corrected chi connectivity index (χ3v) is 4.17. The van der Waals surface area contributed by atoms with Crippen LogP contribution in [-0.2, 0) is 6.54 Å². The van der Waals surface area contributed by atoms with Crippen molar-refractivity contribution in [3.8, 4) is 11.1 Å². The first kappa shape index (κ1) is 11.9. The lowest BCUT2D eigenvalue weighted by Crippen LogP contribution is -2.01. The van der Waals surface area contributed by atoms with Crippen molar-refractivity contribution < 1.29 is 0 Å². The Hall–Kier alpha value is -1.87. The first-order valence-corrected chi connectivity index (χ1v) is 7.19. The lowest BCUT2D eigenvalue weighted by molar-refractivity contribution is 0.559. The van der Waals surface area contributed by atoms with Crippen molar-refractivity contribution in [2.24, 2.45) is 5.92 Å². The molecule has 99 valence electrons. The van der Waals surface area contributed by atoms with Gasteiger partial charge < -0.3 is 0 Å². The molecular formula is C16H13ClN3. The summed E-state index contributed by atoms with van der Waals surface area (Å²) in [6, 6.07) is 14.9. The summed E-state index contributed by atoms with van der Waals surface area (Å²) in [5, 5.41) is 9.18. The Bertz CT molecular complexity index is 760. The van der Waals surface area contributed by atoms with E-state index >= 15 is 0 Å². The molecule has 0 N–H and O–H groups in total. The second kappa shape index (κ2) is 4.60. The van der Waals surface area contributed by atoms with Gasteiger partial charge in [-0.1, -0.05) is 47.1 Å². The molecule has 0 spiro atoms. The molecule has 4 heteroatoms. The Balaban J connectivity index is 1.83. The summed E-state index contributed by atoms with van der Waals surface area (Å²) in [6.07, 6.45) is 2.60. The van der Waals surface area contributed by atoms with Crippen LogP contribution in [0.15, 0.2) is 36.4 Å². The summed E-state index contributed by atoms with van der Waals surface area (Å²) in [7, 11) is 0. The smallest absolute Gasteiger partial charge is 0.132 e. The molecule has 2 aromatic carbocycles. The zero-order valence-corrected chi connectivity index (χ0v) is 11.6. The standard InChI is InChI=1S/C16H13ClN3/c17-15-13(12-4-2-1-3-5-12)8-9-14-16(15)18-19-20(14)10-11-6-7-11/h2-5,8-9,11H,6-7,10H2. The molecule has 0 amide bonds. The Morgan fingerprint density at radius 2 is 2.00 bits per heavy atom. The highest BCUT2D eigenvalue weighted by molar-refractivity contribution is 6.37. The summed E-state index contributed by atoms with van der Waals surface area (Å²) in [4.78, 5) is 0. The number of hydrogen-bond donors (Lipinski definition) is 0. The van der Waals surface area contributed by atoms with Gasteiger partial charge in [-0.25, -0.2) is 4.68 Å². The summed E-state index contributed by atoms with van der Waals surface area (Å²) in [5.41, 5.74) is 3.88. The van der Waals surface area contributed by atoms with Gasteiger partial charge in [0.25, 0.3) is 0 Å². The van der Waals surface area contributed by atoms with Gasteiger partial charge in [-0.2, -0.15) is 0 Å². The summed E-state index contributed by atoms with van der Waals surface area (Å²) in [5.74, 6) is 0.767. The maximum absolute atomic E-state index is 6.52. The van der Waals surface area contributed by atoms with Crippen LogP contribution in [-0.4, -0.2) is 15.0 Å². The highest BCUT2D eigenvalue weighted by Crippen LogP contribution is 2.35. The minimum absolute atomic E-state index is 0.677. The monoisotopic (exact) mass is 282 g/mol. The van der Waals surface area contributed by atoms with Gasteiger partial charge in [0.05, 0.1) is 10.5 Å². The van der Waals surface area contributed by atoms with E-state index in [-0.39, 0.29) is 0 Å². The maximum Gasteiger partial charge on any atom is 0.132 e. The summed E-state index contributed by atoms with van der Waals surface area (Å²) >= 11 is 6.52. The second-order valence-electron chi connectivity index (χ2n) is 5.30. The summed E-state index contributed by atoms with van der Waals surface area (Å²) < 4.78 is 1.97. The molecule has 0 atom stereocenters. The fourth-order valence-electron chi connectivity index (χ4n) is 2.47. The van der Waals surface area contributed by atoms with Crippen molar-refractivity contribution >= 4 is 22.6 Å². The van der Waals surface area contributed by atoms with E-state index in [2.05, 4.69) is 22.4 Å². The van der Waals surface area contributed by atoms with Crippen molar-refractivity contribution in [2.75, 3.05) is 0 Å². The Morgan fingerprint density at radius 1 is 1.20 bits per heavy atom. The van der Waals surface area contributed by atoms with Gasteiger partial charge in [0.2, 0.25) is 0 Å². The number of halogens is 1. The van der Waals surface area contributed by atoms with Crippen LogP contribution >= 0.6 is 11.6 Å². The van der Waals surface area contributed by atoms with E-state index in [9.17, 15) is 0 Å². The quantitative estimate of drug-likeness (QED) is 0.728. The highest BCUT2D eigenvalue weighted by atomic mass is 35.5. The van der Waals surface area contributed by atoms with Crippen LogP contribution in [0.3, 0.4) is 0 Å². The average molecular weight is 283 g/mol. The van der Waals surface area contributed by atoms with Gasteiger partial charge >= 0.3 is 0 Å². The second-order valence-corrected chi connectivity index (χ2v) is 5.68. The molecule has 1 aromatic heterocycles. The maximum atomic E-state index is 6.52. The van der Waals surface area contributed by atoms with Gasteiger partial charge in [-0.15, -0.1) is 5.10 Å². The SMILES string of the molecule is Clc1c(-c2cc[c]cc2)ccc2c1nnn2CC1CC1. The van der Waals surface area contributed by atoms with E-state index in [0.717, 1.165) is 34.6 Å². The number of nitrogens with zero attached hydrogens (tertiary/aromatic N) is 3. The number of rotatable bonds is 3. The molecule has 1 radical (unpaired) electrons. The molecule has 0 aliphatic heterocycles. The van der Waals surface area contributed by atoms with Crippen LogP contribution in [0.25, 0.3) is 22.2 Å². The Morgan fingerprint density at radius 3 is 2.75 bits per heavy atom. The lowest BCUT2D eigenvalue weighted by atomic mass is 10.1. The first-order valence-electron chi connectivity index (χ1n) is 6.81. The van der Waals surface area contributed by atoms with E-state index in [1.165, 1.54) is 12.8 Å². The van der Waals surface area contributed by atoms with Crippen LogP contribution in [0.1, 0.15) is 12.8 Å². The molecule has 3 aromatic rings. The van der Waals surface area contributed by atoms with Crippen molar-refractivity contribution in [2.45, 2.75) is 19.4 Å². The van der Waals surface area contributed by atoms with Gasteiger partial charge in [-0.05, 0) is 36.5 Å². The molecule has 0 unspecified atom stereocenters. The molecule has 1 saturated carbocycles. The van der Waals surface area contributed by atoms with Crippen LogP contribution < -0.4 is 0 Å². The van der Waals surface area contributed by atoms with E-state index in [1.807, 2.05) is 35.0 Å². The third-order valence-electron chi connectivity index (χ3n) is 3.78. The van der Waals surface area contributed by atoms with Crippen LogP contribution in [0.5, 0.6) is 0 Å². The molecule has 1 fully saturated rings. The predicted octanol–water partition coefficient (Wildman–Crippen LogP) is 3.96. The topological polar surface area (TPSA) is 30.7 Å². The molecule has 1 heterocycles. The van der Waals surface area contributed by atoms with Crippen molar-refractivity contribution in [1.29, 1.82) is 0 Å². The number of benzene rings is 2. The fourth-order valence-corrected chi connectivity index (χ4v) is 2.78. The Kier molecular flexibility index (Phi) is 2.74. The van der Waals surface area contributed by atoms with E-state index < -0.39 is 0 Å². The third kappa shape index (κ3) is 1.98. The first-order chi connectivity index (χ1) is 9.83. The summed E-state index contributed by atoms with van der Waals surface area (Å²) in [6.45, 7) is 0.951. The molecule has 1 aliphatic carbocycles. The molecule has 1 aliphatic rings. The molecule has 0 bridgehead atoms. The van der Waals surface area contributed by atoms with Gasteiger partial charge in [0, 0.05) is 12.1 Å². The van der Waals surface area contributed by atoms with Crippen LogP contribution in [0.2, 0.25) is 5.02 Å². The van der Waals surface area contributed by atoms with E-state index in [1.54, 1.807) is 0 Å². The average Bonchev–Trinajstić information content (AvgIpc) is 3.20. The highest BCUT2D eigenvalue weighted by Gasteiger charge is 2.23. The van der Waals surface area contributed by atoms with Gasteiger partial charge in [0.15, 0.2) is 0 Å². The van der Waals surface area contributed by atoms with E-state index in [0.29, 0.717) is 5.02 Å². The zero-order valence-electron chi connectivity index (χ0n) is 10.9. The van der Waals surface area contributed by atoms with E-state index in [4.69, 9.17) is 11.6 Å².